The van der Waals surface area contributed by atoms with Gasteiger partial charge in [0.15, 0.2) is 0 Å². The van der Waals surface area contributed by atoms with E-state index < -0.39 is 4.92 Å². The third-order valence-electron chi connectivity index (χ3n) is 3.64. The van der Waals surface area contributed by atoms with Crippen LogP contribution in [0.25, 0.3) is 0 Å². The maximum atomic E-state index is 10.9. The van der Waals surface area contributed by atoms with E-state index in [0.717, 1.165) is 5.56 Å². The van der Waals surface area contributed by atoms with Gasteiger partial charge in [-0.25, -0.2) is 9.97 Å². The fourth-order valence-corrected chi connectivity index (χ4v) is 2.43. The highest BCUT2D eigenvalue weighted by Crippen LogP contribution is 2.23. The molecule has 2 aromatic heterocycles. The highest BCUT2D eigenvalue weighted by Gasteiger charge is 2.16. The summed E-state index contributed by atoms with van der Waals surface area (Å²) in [4.78, 5) is 18.6. The van der Waals surface area contributed by atoms with E-state index in [1.807, 2.05) is 30.3 Å². The standard InChI is InChI=1S/C16H16N6O2/c1-12-7-16(18-8-15(12)22(23)24)20-14(9-21-11-17-10-19-21)13-5-3-2-4-6-13/h2-8,10-11,14H,9H2,1H3,(H,18,20). The molecule has 0 aliphatic rings. The molecule has 3 rings (SSSR count). The summed E-state index contributed by atoms with van der Waals surface area (Å²) in [5.74, 6) is 0.576. The first-order valence-electron chi connectivity index (χ1n) is 7.38. The van der Waals surface area contributed by atoms with Crippen molar-refractivity contribution in [3.63, 3.8) is 0 Å². The fraction of sp³-hybridized carbons (Fsp3) is 0.188. The molecule has 24 heavy (non-hydrogen) atoms. The first-order valence-corrected chi connectivity index (χ1v) is 7.38. The van der Waals surface area contributed by atoms with E-state index in [-0.39, 0.29) is 11.7 Å². The van der Waals surface area contributed by atoms with Crippen molar-refractivity contribution in [2.45, 2.75) is 19.5 Å². The van der Waals surface area contributed by atoms with E-state index in [1.165, 1.54) is 12.5 Å². The van der Waals surface area contributed by atoms with Gasteiger partial charge in [-0.2, -0.15) is 5.10 Å². The predicted molar refractivity (Wildman–Crippen MR) is 88.5 cm³/mol. The minimum absolute atomic E-state index is 0.00749. The van der Waals surface area contributed by atoms with Crippen molar-refractivity contribution in [3.8, 4) is 0 Å². The molecule has 3 aromatic rings. The molecule has 1 unspecified atom stereocenters. The smallest absolute Gasteiger partial charge is 0.290 e. The lowest BCUT2D eigenvalue weighted by atomic mass is 10.1. The van der Waals surface area contributed by atoms with Crippen LogP contribution in [0.15, 0.2) is 55.2 Å². The lowest BCUT2D eigenvalue weighted by molar-refractivity contribution is -0.385. The molecule has 0 aliphatic carbocycles. The lowest BCUT2D eigenvalue weighted by Gasteiger charge is -2.20. The van der Waals surface area contributed by atoms with E-state index in [0.29, 0.717) is 17.9 Å². The van der Waals surface area contributed by atoms with Gasteiger partial charge in [0, 0.05) is 5.56 Å². The Balaban J connectivity index is 1.86. The Hall–Kier alpha value is -3.29. The molecule has 0 radical (unpaired) electrons. The Morgan fingerprint density at radius 3 is 2.75 bits per heavy atom. The topological polar surface area (TPSA) is 98.8 Å². The molecule has 0 fully saturated rings. The van der Waals surface area contributed by atoms with Gasteiger partial charge in [-0.1, -0.05) is 30.3 Å². The monoisotopic (exact) mass is 324 g/mol. The van der Waals surface area contributed by atoms with Crippen molar-refractivity contribution in [2.24, 2.45) is 0 Å². The first-order chi connectivity index (χ1) is 11.6. The molecule has 0 bridgehead atoms. The van der Waals surface area contributed by atoms with Crippen LogP contribution in [0.5, 0.6) is 0 Å². The van der Waals surface area contributed by atoms with Gasteiger partial charge in [-0.05, 0) is 18.6 Å². The van der Waals surface area contributed by atoms with Crippen molar-refractivity contribution < 1.29 is 4.92 Å². The Bertz CT molecular complexity index is 820. The maximum absolute atomic E-state index is 10.9. The van der Waals surface area contributed by atoms with Crippen molar-refractivity contribution in [2.75, 3.05) is 5.32 Å². The number of nitrogens with one attached hydrogen (secondary N) is 1. The second-order valence-corrected chi connectivity index (χ2v) is 5.34. The normalized spacial score (nSPS) is 11.9. The highest BCUT2D eigenvalue weighted by atomic mass is 16.6. The van der Waals surface area contributed by atoms with Crippen LogP contribution in [-0.4, -0.2) is 24.7 Å². The maximum Gasteiger partial charge on any atom is 0.290 e. The number of hydrogen-bond donors (Lipinski definition) is 1. The van der Waals surface area contributed by atoms with Gasteiger partial charge < -0.3 is 5.32 Å². The fourth-order valence-electron chi connectivity index (χ4n) is 2.43. The second-order valence-electron chi connectivity index (χ2n) is 5.34. The SMILES string of the molecule is Cc1cc(NC(Cn2cncn2)c2ccccc2)ncc1[N+](=O)[O-]. The van der Waals surface area contributed by atoms with Crippen LogP contribution in [0, 0.1) is 17.0 Å². The molecule has 0 spiro atoms. The molecule has 0 saturated carbocycles. The van der Waals surface area contributed by atoms with Crippen molar-refractivity contribution >= 4 is 11.5 Å². The zero-order valence-electron chi connectivity index (χ0n) is 13.0. The number of nitrogens with zero attached hydrogens (tertiary/aromatic N) is 5. The van der Waals surface area contributed by atoms with Crippen molar-refractivity contribution in [1.29, 1.82) is 0 Å². The van der Waals surface area contributed by atoms with Crippen molar-refractivity contribution in [3.05, 3.63) is 76.5 Å². The molecule has 0 amide bonds. The first kappa shape index (κ1) is 15.6. The molecule has 0 saturated heterocycles. The molecular weight excluding hydrogens is 308 g/mol. The van der Waals surface area contributed by atoms with Crippen LogP contribution in [-0.2, 0) is 6.54 Å². The van der Waals surface area contributed by atoms with E-state index in [4.69, 9.17) is 0 Å². The molecular formula is C16H16N6O2. The molecule has 1 aromatic carbocycles. The van der Waals surface area contributed by atoms with E-state index in [9.17, 15) is 10.1 Å². The molecule has 1 atom stereocenters. The van der Waals surface area contributed by atoms with E-state index in [2.05, 4.69) is 20.4 Å². The zero-order valence-corrected chi connectivity index (χ0v) is 13.0. The molecule has 1 N–H and O–H groups in total. The van der Waals surface area contributed by atoms with Gasteiger partial charge in [0.05, 0.1) is 17.5 Å². The number of aryl methyl sites for hydroxylation is 1. The van der Waals surface area contributed by atoms with Gasteiger partial charge in [0.25, 0.3) is 5.69 Å². The minimum atomic E-state index is -0.434. The Morgan fingerprint density at radius 2 is 2.12 bits per heavy atom. The Labute approximate surface area is 138 Å². The van der Waals surface area contributed by atoms with E-state index in [1.54, 1.807) is 24.0 Å². The van der Waals surface area contributed by atoms with Crippen LogP contribution in [0.1, 0.15) is 17.2 Å². The molecule has 2 heterocycles. The molecule has 0 aliphatic heterocycles. The number of hydrogen-bond acceptors (Lipinski definition) is 6. The summed E-state index contributed by atoms with van der Waals surface area (Å²) in [6, 6.07) is 11.5. The van der Waals surface area contributed by atoms with Gasteiger partial charge >= 0.3 is 0 Å². The van der Waals surface area contributed by atoms with Gasteiger partial charge in [-0.3, -0.25) is 14.8 Å². The predicted octanol–water partition coefficient (Wildman–Crippen LogP) is 2.74. The van der Waals surface area contributed by atoms with Crippen molar-refractivity contribution in [1.82, 2.24) is 19.7 Å². The zero-order chi connectivity index (χ0) is 16.9. The lowest BCUT2D eigenvalue weighted by Crippen LogP contribution is -2.18. The number of pyridine rings is 1. The Kier molecular flexibility index (Phi) is 4.46. The number of aromatic nitrogens is 4. The van der Waals surface area contributed by atoms with Crippen LogP contribution < -0.4 is 5.32 Å². The van der Waals surface area contributed by atoms with Crippen LogP contribution in [0.3, 0.4) is 0 Å². The average molecular weight is 324 g/mol. The summed E-state index contributed by atoms with van der Waals surface area (Å²) in [7, 11) is 0. The summed E-state index contributed by atoms with van der Waals surface area (Å²) in [5, 5.41) is 18.4. The highest BCUT2D eigenvalue weighted by molar-refractivity contribution is 5.48. The van der Waals surface area contributed by atoms with Gasteiger partial charge in [0.2, 0.25) is 0 Å². The summed E-state index contributed by atoms with van der Waals surface area (Å²) < 4.78 is 1.73. The quantitative estimate of drug-likeness (QED) is 0.553. The number of benzene rings is 1. The summed E-state index contributed by atoms with van der Waals surface area (Å²) >= 11 is 0. The number of nitro groups is 1. The van der Waals surface area contributed by atoms with Crippen LogP contribution in [0.2, 0.25) is 0 Å². The van der Waals surface area contributed by atoms with Crippen LogP contribution in [0.4, 0.5) is 11.5 Å². The average Bonchev–Trinajstić information content (AvgIpc) is 3.08. The second kappa shape index (κ2) is 6.86. The van der Waals surface area contributed by atoms with Gasteiger partial charge in [0.1, 0.15) is 24.7 Å². The third-order valence-corrected chi connectivity index (χ3v) is 3.64. The summed E-state index contributed by atoms with van der Waals surface area (Å²) in [5.41, 5.74) is 1.63. The Morgan fingerprint density at radius 1 is 1.33 bits per heavy atom. The summed E-state index contributed by atoms with van der Waals surface area (Å²) in [6.45, 7) is 2.25. The summed E-state index contributed by atoms with van der Waals surface area (Å²) in [6.07, 6.45) is 4.40. The minimum Gasteiger partial charge on any atom is -0.361 e. The largest absolute Gasteiger partial charge is 0.361 e. The van der Waals surface area contributed by atoms with E-state index >= 15 is 0 Å². The number of rotatable bonds is 6. The van der Waals surface area contributed by atoms with Gasteiger partial charge in [-0.15, -0.1) is 0 Å². The third kappa shape index (κ3) is 3.54. The molecule has 8 heteroatoms. The molecule has 122 valence electrons. The molecule has 8 nitrogen and oxygen atoms in total. The number of anilines is 1. The van der Waals surface area contributed by atoms with Crippen LogP contribution >= 0.6 is 0 Å².